The van der Waals surface area contributed by atoms with Crippen LogP contribution in [0.5, 0.6) is 0 Å². The quantitative estimate of drug-likeness (QED) is 0.552. The summed E-state index contributed by atoms with van der Waals surface area (Å²) >= 11 is 1.54. The number of H-pyrrole nitrogens is 1. The second-order valence-electron chi connectivity index (χ2n) is 6.47. The van der Waals surface area contributed by atoms with E-state index in [2.05, 4.69) is 4.98 Å². The smallest absolute Gasteiger partial charge is 0.260 e. The zero-order chi connectivity index (χ0) is 18.6. The van der Waals surface area contributed by atoms with Crippen molar-refractivity contribution in [3.05, 3.63) is 68.3 Å². The number of halogens is 1. The van der Waals surface area contributed by atoms with Gasteiger partial charge >= 0.3 is 0 Å². The molecule has 3 heterocycles. The van der Waals surface area contributed by atoms with Gasteiger partial charge in [0.05, 0.1) is 5.39 Å². The number of aromatic nitrogens is 3. The van der Waals surface area contributed by atoms with Crippen LogP contribution in [0.2, 0.25) is 0 Å². The van der Waals surface area contributed by atoms with Crippen molar-refractivity contribution in [3.8, 4) is 17.1 Å². The Balaban J connectivity index is 1.92. The van der Waals surface area contributed by atoms with Crippen LogP contribution in [0.1, 0.15) is 21.8 Å². The number of hydrogen-bond donors (Lipinski definition) is 1. The van der Waals surface area contributed by atoms with Crippen molar-refractivity contribution in [1.29, 1.82) is 0 Å². The summed E-state index contributed by atoms with van der Waals surface area (Å²) in [6, 6.07) is 8.36. The van der Waals surface area contributed by atoms with Gasteiger partial charge in [0.1, 0.15) is 16.5 Å². The van der Waals surface area contributed by atoms with Crippen LogP contribution in [-0.4, -0.2) is 14.5 Å². The van der Waals surface area contributed by atoms with Gasteiger partial charge in [-0.05, 0) is 63.6 Å². The number of aromatic amines is 1. The Morgan fingerprint density at radius 3 is 2.50 bits per heavy atom. The number of thiophene rings is 1. The van der Waals surface area contributed by atoms with Gasteiger partial charge in [-0.1, -0.05) is 0 Å². The minimum Gasteiger partial charge on any atom is -0.318 e. The minimum absolute atomic E-state index is 0.113. The molecule has 0 bridgehead atoms. The second-order valence-corrected chi connectivity index (χ2v) is 7.68. The molecule has 4 aromatic rings. The van der Waals surface area contributed by atoms with Crippen molar-refractivity contribution in [2.24, 2.45) is 0 Å². The fourth-order valence-electron chi connectivity index (χ4n) is 3.37. The van der Waals surface area contributed by atoms with E-state index in [4.69, 9.17) is 4.98 Å². The predicted octanol–water partition coefficient (Wildman–Crippen LogP) is 4.82. The molecule has 132 valence electrons. The van der Waals surface area contributed by atoms with Crippen molar-refractivity contribution in [3.63, 3.8) is 0 Å². The Labute approximate surface area is 154 Å². The number of hydrogen-bond acceptors (Lipinski definition) is 3. The van der Waals surface area contributed by atoms with Crippen LogP contribution in [0.15, 0.2) is 35.1 Å². The molecule has 26 heavy (non-hydrogen) atoms. The third-order valence-corrected chi connectivity index (χ3v) is 5.91. The number of rotatable bonds is 2. The van der Waals surface area contributed by atoms with Gasteiger partial charge in [0, 0.05) is 27.5 Å². The first-order valence-electron chi connectivity index (χ1n) is 8.32. The summed E-state index contributed by atoms with van der Waals surface area (Å²) in [5.74, 6) is 0.293. The summed E-state index contributed by atoms with van der Waals surface area (Å²) in [5.41, 5.74) is 4.56. The second kappa shape index (κ2) is 5.92. The van der Waals surface area contributed by atoms with E-state index in [9.17, 15) is 9.18 Å². The van der Waals surface area contributed by atoms with Crippen molar-refractivity contribution in [2.45, 2.75) is 27.7 Å². The Morgan fingerprint density at radius 1 is 1.12 bits per heavy atom. The average Bonchev–Trinajstić information content (AvgIpc) is 3.05. The number of fused-ring (bicyclic) bond motifs is 1. The summed E-state index contributed by atoms with van der Waals surface area (Å²) in [6.07, 6.45) is 0. The molecule has 0 unspecified atom stereocenters. The molecule has 1 N–H and O–H groups in total. The Hall–Kier alpha value is -2.73. The monoisotopic (exact) mass is 367 g/mol. The standard InChI is InChI=1S/C20H18FN3OS/c1-10-9-16(12(3)24(10)15-7-5-14(21)6-8-15)18-22-19(25)17-11(2)13(4)26-20(17)23-18/h5-9H,1-4H3,(H,22,23,25). The number of benzene rings is 1. The van der Waals surface area contributed by atoms with E-state index in [1.165, 1.54) is 23.5 Å². The summed E-state index contributed by atoms with van der Waals surface area (Å²) in [6.45, 7) is 7.91. The maximum Gasteiger partial charge on any atom is 0.260 e. The Kier molecular flexibility index (Phi) is 3.80. The third-order valence-electron chi connectivity index (χ3n) is 4.81. The number of aryl methyl sites for hydroxylation is 3. The van der Waals surface area contributed by atoms with E-state index in [-0.39, 0.29) is 11.4 Å². The van der Waals surface area contributed by atoms with Crippen LogP contribution in [0.25, 0.3) is 27.3 Å². The van der Waals surface area contributed by atoms with Crippen LogP contribution in [0.4, 0.5) is 4.39 Å². The van der Waals surface area contributed by atoms with Gasteiger partial charge in [0.15, 0.2) is 0 Å². The van der Waals surface area contributed by atoms with Gasteiger partial charge in [0.25, 0.3) is 5.56 Å². The fourth-order valence-corrected chi connectivity index (χ4v) is 4.40. The third kappa shape index (κ3) is 2.49. The lowest BCUT2D eigenvalue weighted by atomic mass is 10.2. The van der Waals surface area contributed by atoms with Crippen LogP contribution >= 0.6 is 11.3 Å². The predicted molar refractivity (Wildman–Crippen MR) is 104 cm³/mol. The van der Waals surface area contributed by atoms with Crippen molar-refractivity contribution in [2.75, 3.05) is 0 Å². The zero-order valence-corrected chi connectivity index (χ0v) is 15.8. The number of nitrogens with zero attached hydrogens (tertiary/aromatic N) is 2. The highest BCUT2D eigenvalue weighted by molar-refractivity contribution is 7.18. The van der Waals surface area contributed by atoms with Crippen molar-refractivity contribution < 1.29 is 4.39 Å². The molecular weight excluding hydrogens is 349 g/mol. The molecule has 3 aromatic heterocycles. The van der Waals surface area contributed by atoms with E-state index < -0.39 is 0 Å². The molecule has 0 aliphatic carbocycles. The molecule has 0 atom stereocenters. The van der Waals surface area contributed by atoms with E-state index in [1.807, 2.05) is 38.3 Å². The maximum absolute atomic E-state index is 13.2. The van der Waals surface area contributed by atoms with Crippen LogP contribution in [0, 0.1) is 33.5 Å². The van der Waals surface area contributed by atoms with Gasteiger partial charge in [-0.3, -0.25) is 4.79 Å². The van der Waals surface area contributed by atoms with Crippen LogP contribution in [-0.2, 0) is 0 Å². The largest absolute Gasteiger partial charge is 0.318 e. The molecular formula is C20H18FN3OS. The molecule has 0 fully saturated rings. The lowest BCUT2D eigenvalue weighted by Gasteiger charge is -2.10. The summed E-state index contributed by atoms with van der Waals surface area (Å²) in [7, 11) is 0. The summed E-state index contributed by atoms with van der Waals surface area (Å²) in [4.78, 5) is 22.1. The first kappa shape index (κ1) is 16.7. The van der Waals surface area contributed by atoms with Crippen molar-refractivity contribution in [1.82, 2.24) is 14.5 Å². The summed E-state index contributed by atoms with van der Waals surface area (Å²) < 4.78 is 15.3. The van der Waals surface area contributed by atoms with E-state index in [1.54, 1.807) is 12.1 Å². The molecule has 0 radical (unpaired) electrons. The lowest BCUT2D eigenvalue weighted by Crippen LogP contribution is -2.09. The summed E-state index contributed by atoms with van der Waals surface area (Å²) in [5, 5.41) is 0.670. The average molecular weight is 367 g/mol. The van der Waals surface area contributed by atoms with E-state index in [0.29, 0.717) is 11.2 Å². The molecule has 6 heteroatoms. The lowest BCUT2D eigenvalue weighted by molar-refractivity contribution is 0.627. The van der Waals surface area contributed by atoms with E-state index in [0.717, 1.165) is 37.9 Å². The fraction of sp³-hybridized carbons (Fsp3) is 0.200. The van der Waals surface area contributed by atoms with Crippen LogP contribution in [0.3, 0.4) is 0 Å². The highest BCUT2D eigenvalue weighted by Gasteiger charge is 2.17. The molecule has 0 aliphatic rings. The Morgan fingerprint density at radius 2 is 1.81 bits per heavy atom. The minimum atomic E-state index is -0.267. The maximum atomic E-state index is 13.2. The molecule has 0 spiro atoms. The van der Waals surface area contributed by atoms with Gasteiger partial charge in [0.2, 0.25) is 0 Å². The Bertz CT molecular complexity index is 1200. The molecule has 0 saturated carbocycles. The molecule has 0 amide bonds. The highest BCUT2D eigenvalue weighted by atomic mass is 32.1. The molecule has 4 nitrogen and oxygen atoms in total. The van der Waals surface area contributed by atoms with Gasteiger partial charge in [-0.2, -0.15) is 0 Å². The molecule has 1 aromatic carbocycles. The first-order chi connectivity index (χ1) is 12.4. The van der Waals surface area contributed by atoms with Gasteiger partial charge < -0.3 is 9.55 Å². The first-order valence-corrected chi connectivity index (χ1v) is 9.13. The molecule has 4 rings (SSSR count). The van der Waals surface area contributed by atoms with Gasteiger partial charge in [-0.15, -0.1) is 11.3 Å². The molecule has 0 saturated heterocycles. The SMILES string of the molecule is Cc1sc2nc(-c3cc(C)n(-c4ccc(F)cc4)c3C)[nH]c(=O)c2c1C. The zero-order valence-electron chi connectivity index (χ0n) is 15.0. The topological polar surface area (TPSA) is 50.7 Å². The van der Waals surface area contributed by atoms with Crippen LogP contribution < -0.4 is 5.56 Å². The highest BCUT2D eigenvalue weighted by Crippen LogP contribution is 2.30. The number of nitrogens with one attached hydrogen (secondary N) is 1. The van der Waals surface area contributed by atoms with Gasteiger partial charge in [-0.25, -0.2) is 9.37 Å². The normalized spacial score (nSPS) is 11.4. The molecule has 0 aliphatic heterocycles. The van der Waals surface area contributed by atoms with E-state index >= 15 is 0 Å². The van der Waals surface area contributed by atoms with Crippen molar-refractivity contribution >= 4 is 21.6 Å².